The Labute approximate surface area is 221 Å². The number of hydrogen-bond donors (Lipinski definition) is 2. The number of amides is 1. The molecule has 0 bridgehead atoms. The average molecular weight is 522 g/mol. The van der Waals surface area contributed by atoms with Crippen LogP contribution in [0.3, 0.4) is 0 Å². The van der Waals surface area contributed by atoms with Crippen molar-refractivity contribution in [3.8, 4) is 0 Å². The fraction of sp³-hybridized carbons (Fsp3) is 0.464. The fourth-order valence-electron chi connectivity index (χ4n) is 5.98. The van der Waals surface area contributed by atoms with Gasteiger partial charge in [-0.1, -0.05) is 24.6 Å². The van der Waals surface area contributed by atoms with Gasteiger partial charge in [0.15, 0.2) is 0 Å². The molecule has 1 aliphatic carbocycles. The highest BCUT2D eigenvalue weighted by Gasteiger charge is 2.53. The van der Waals surface area contributed by atoms with Gasteiger partial charge in [0.05, 0.1) is 41.5 Å². The van der Waals surface area contributed by atoms with Crippen LogP contribution in [0.5, 0.6) is 0 Å². The van der Waals surface area contributed by atoms with Crippen LogP contribution in [0.4, 0.5) is 11.5 Å². The summed E-state index contributed by atoms with van der Waals surface area (Å²) in [4.78, 5) is 26.5. The lowest BCUT2D eigenvalue weighted by Crippen LogP contribution is -2.60. The molecule has 1 amide bonds. The van der Waals surface area contributed by atoms with Gasteiger partial charge < -0.3 is 20.1 Å². The Morgan fingerprint density at radius 3 is 2.68 bits per heavy atom. The topological polar surface area (TPSA) is 90.8 Å². The molecule has 2 N–H and O–H groups in total. The van der Waals surface area contributed by atoms with E-state index in [4.69, 9.17) is 16.3 Å². The van der Waals surface area contributed by atoms with Crippen molar-refractivity contribution in [2.45, 2.75) is 31.4 Å². The van der Waals surface area contributed by atoms with Gasteiger partial charge in [-0.25, -0.2) is 4.98 Å². The van der Waals surface area contributed by atoms with Crippen LogP contribution in [0.25, 0.3) is 10.8 Å². The first-order valence-corrected chi connectivity index (χ1v) is 13.3. The van der Waals surface area contributed by atoms with Crippen molar-refractivity contribution in [1.29, 1.82) is 0 Å². The number of fused-ring (bicyclic) bond motifs is 1. The molecule has 1 saturated carbocycles. The summed E-state index contributed by atoms with van der Waals surface area (Å²) in [5.74, 6) is 0.808. The maximum absolute atomic E-state index is 13.0. The van der Waals surface area contributed by atoms with Crippen molar-refractivity contribution in [2.75, 3.05) is 49.6 Å². The normalized spacial score (nSPS) is 30.0. The number of aromatic nitrogens is 2. The molecule has 0 spiro atoms. The largest absolute Gasteiger partial charge is 0.389 e. The molecule has 0 unspecified atom stereocenters. The number of pyridine rings is 2. The SMILES string of the molecule is C[C@@H]1[C@@H](C(=O)Nc2cc3cc(N4CCN([C@]5(C)COC[C@@H]5O)CC4)c(Cl)cc3cn2)[C@@H]1c1ccccn1. The number of anilines is 2. The molecular weight excluding hydrogens is 490 g/mol. The highest BCUT2D eigenvalue weighted by Crippen LogP contribution is 2.53. The minimum Gasteiger partial charge on any atom is -0.389 e. The first-order chi connectivity index (χ1) is 17.8. The van der Waals surface area contributed by atoms with Crippen LogP contribution in [-0.4, -0.2) is 76.9 Å². The van der Waals surface area contributed by atoms with Crippen LogP contribution in [0.15, 0.2) is 48.8 Å². The van der Waals surface area contributed by atoms with Gasteiger partial charge in [0.25, 0.3) is 0 Å². The standard InChI is InChI=1S/C28H32ClN5O3/c1-17-25(21-5-3-4-6-30-21)26(17)27(36)32-24-13-18-12-22(20(29)11-19(18)14-31-24)33-7-9-34(10-8-33)28(2)16-37-15-23(28)35/h3-6,11-14,17,23,25-26,35H,7-10,15-16H2,1-2H3,(H,31,32,36)/t17-,23-,25-,26+,28+/m0/s1. The molecule has 3 aromatic rings. The van der Waals surface area contributed by atoms with Crippen LogP contribution in [0.1, 0.15) is 25.5 Å². The summed E-state index contributed by atoms with van der Waals surface area (Å²) in [5, 5.41) is 16.0. The summed E-state index contributed by atoms with van der Waals surface area (Å²) in [6.07, 6.45) is 3.06. The van der Waals surface area contributed by atoms with Gasteiger partial charge in [0, 0.05) is 55.6 Å². The predicted octanol–water partition coefficient (Wildman–Crippen LogP) is 3.54. The van der Waals surface area contributed by atoms with Gasteiger partial charge in [-0.2, -0.15) is 0 Å². The number of piperazine rings is 1. The quantitative estimate of drug-likeness (QED) is 0.530. The van der Waals surface area contributed by atoms with Crippen molar-refractivity contribution in [2.24, 2.45) is 11.8 Å². The smallest absolute Gasteiger partial charge is 0.229 e. The van der Waals surface area contributed by atoms with Gasteiger partial charge in [-0.05, 0) is 48.6 Å². The third-order valence-corrected chi connectivity index (χ3v) is 8.78. The molecule has 1 aromatic carbocycles. The van der Waals surface area contributed by atoms with Crippen LogP contribution >= 0.6 is 11.6 Å². The van der Waals surface area contributed by atoms with E-state index in [1.54, 1.807) is 12.4 Å². The zero-order valence-corrected chi connectivity index (χ0v) is 21.9. The fourth-order valence-corrected chi connectivity index (χ4v) is 6.27. The number of nitrogens with one attached hydrogen (secondary N) is 1. The Kier molecular flexibility index (Phi) is 6.31. The molecule has 4 heterocycles. The van der Waals surface area contributed by atoms with E-state index < -0.39 is 6.10 Å². The van der Waals surface area contributed by atoms with E-state index in [0.29, 0.717) is 24.1 Å². The summed E-state index contributed by atoms with van der Waals surface area (Å²) in [6.45, 7) is 8.35. The second kappa shape index (κ2) is 9.51. The van der Waals surface area contributed by atoms with Gasteiger partial charge >= 0.3 is 0 Å². The lowest BCUT2D eigenvalue weighted by molar-refractivity contribution is -0.117. The maximum atomic E-state index is 13.0. The zero-order valence-electron chi connectivity index (χ0n) is 21.1. The average Bonchev–Trinajstić information content (AvgIpc) is 3.47. The molecule has 3 aliphatic rings. The number of rotatable bonds is 5. The van der Waals surface area contributed by atoms with E-state index in [0.717, 1.165) is 48.3 Å². The number of carbonyl (C=O) groups excluding carboxylic acids is 1. The monoisotopic (exact) mass is 521 g/mol. The molecule has 6 rings (SSSR count). The lowest BCUT2D eigenvalue weighted by atomic mass is 9.95. The van der Waals surface area contributed by atoms with Crippen molar-refractivity contribution in [3.05, 3.63) is 59.5 Å². The number of nitrogens with zero attached hydrogens (tertiary/aromatic N) is 4. The van der Waals surface area contributed by atoms with Crippen molar-refractivity contribution in [1.82, 2.24) is 14.9 Å². The minimum absolute atomic E-state index is 0.0214. The van der Waals surface area contributed by atoms with E-state index in [1.807, 2.05) is 30.3 Å². The molecule has 2 saturated heterocycles. The van der Waals surface area contributed by atoms with Gasteiger partial charge in [-0.3, -0.25) is 14.7 Å². The van der Waals surface area contributed by atoms with Gasteiger partial charge in [-0.15, -0.1) is 0 Å². The molecule has 9 heteroatoms. The van der Waals surface area contributed by atoms with Gasteiger partial charge in [0.2, 0.25) is 5.91 Å². The Morgan fingerprint density at radius 2 is 1.97 bits per heavy atom. The second-order valence-corrected chi connectivity index (χ2v) is 11.1. The number of ether oxygens (including phenoxy) is 1. The molecule has 8 nitrogen and oxygen atoms in total. The summed E-state index contributed by atoms with van der Waals surface area (Å²) in [6, 6.07) is 11.8. The Bertz CT molecular complexity index is 1320. The van der Waals surface area contributed by atoms with E-state index in [1.165, 1.54) is 0 Å². The number of hydrogen-bond acceptors (Lipinski definition) is 7. The third-order valence-electron chi connectivity index (χ3n) is 8.48. The molecular formula is C28H32ClN5O3. The number of halogens is 1. The van der Waals surface area contributed by atoms with Crippen molar-refractivity contribution in [3.63, 3.8) is 0 Å². The molecule has 194 valence electrons. The number of benzene rings is 1. The lowest BCUT2D eigenvalue weighted by Gasteiger charge is -2.45. The summed E-state index contributed by atoms with van der Waals surface area (Å²) < 4.78 is 5.53. The van der Waals surface area contributed by atoms with Crippen LogP contribution in [-0.2, 0) is 9.53 Å². The van der Waals surface area contributed by atoms with E-state index in [-0.39, 0.29) is 29.2 Å². The number of carbonyl (C=O) groups is 1. The number of aliphatic hydroxyl groups is 1. The predicted molar refractivity (Wildman–Crippen MR) is 144 cm³/mol. The van der Waals surface area contributed by atoms with Crippen LogP contribution in [0, 0.1) is 11.8 Å². The zero-order chi connectivity index (χ0) is 25.7. The van der Waals surface area contributed by atoms with E-state index in [2.05, 4.69) is 45.0 Å². The molecule has 2 aromatic heterocycles. The molecule has 37 heavy (non-hydrogen) atoms. The Balaban J connectivity index is 1.16. The first kappa shape index (κ1) is 24.6. The number of aliphatic hydroxyl groups excluding tert-OH is 1. The second-order valence-electron chi connectivity index (χ2n) is 10.7. The van der Waals surface area contributed by atoms with Crippen LogP contribution in [0.2, 0.25) is 5.02 Å². The molecule has 2 aliphatic heterocycles. The van der Waals surface area contributed by atoms with Crippen molar-refractivity contribution < 1.29 is 14.6 Å². The van der Waals surface area contributed by atoms with E-state index >= 15 is 0 Å². The summed E-state index contributed by atoms with van der Waals surface area (Å²) >= 11 is 6.70. The summed E-state index contributed by atoms with van der Waals surface area (Å²) in [7, 11) is 0. The molecule has 0 radical (unpaired) electrons. The highest BCUT2D eigenvalue weighted by atomic mass is 35.5. The molecule has 5 atom stereocenters. The third kappa shape index (κ3) is 4.46. The Morgan fingerprint density at radius 1 is 1.16 bits per heavy atom. The van der Waals surface area contributed by atoms with E-state index in [9.17, 15) is 9.90 Å². The minimum atomic E-state index is -0.470. The first-order valence-electron chi connectivity index (χ1n) is 12.9. The molecule has 3 fully saturated rings. The Hall–Kier alpha value is -2.78. The highest BCUT2D eigenvalue weighted by molar-refractivity contribution is 6.34. The maximum Gasteiger partial charge on any atom is 0.229 e. The van der Waals surface area contributed by atoms with Crippen LogP contribution < -0.4 is 10.2 Å². The summed E-state index contributed by atoms with van der Waals surface area (Å²) in [5.41, 5.74) is 1.59. The van der Waals surface area contributed by atoms with Gasteiger partial charge in [0.1, 0.15) is 5.82 Å². The van der Waals surface area contributed by atoms with Crippen molar-refractivity contribution >= 4 is 39.8 Å².